The second-order valence-corrected chi connectivity index (χ2v) is 7.45. The van der Waals surface area contributed by atoms with E-state index in [4.69, 9.17) is 0 Å². The smallest absolute Gasteiger partial charge is 0.271 e. The van der Waals surface area contributed by atoms with E-state index < -0.39 is 4.92 Å². The lowest BCUT2D eigenvalue weighted by Crippen LogP contribution is -2.15. The fraction of sp³-hybridized carbons (Fsp3) is 0.471. The number of nitro groups is 1. The Bertz CT molecular complexity index is 801. The summed E-state index contributed by atoms with van der Waals surface area (Å²) >= 11 is 1.24. The van der Waals surface area contributed by atoms with Crippen LogP contribution < -0.4 is 5.32 Å². The number of anilines is 1. The van der Waals surface area contributed by atoms with Crippen LogP contribution in [-0.4, -0.2) is 31.8 Å². The molecule has 0 atom stereocenters. The van der Waals surface area contributed by atoms with Crippen molar-refractivity contribution in [3.05, 3.63) is 39.7 Å². The summed E-state index contributed by atoms with van der Waals surface area (Å²) in [6, 6.07) is 4.40. The number of aromatic amines is 1. The van der Waals surface area contributed by atoms with Gasteiger partial charge in [0, 0.05) is 18.6 Å². The van der Waals surface area contributed by atoms with Crippen LogP contribution in [0, 0.1) is 23.0 Å². The number of H-pyrrole nitrogens is 1. The van der Waals surface area contributed by atoms with Gasteiger partial charge in [0.1, 0.15) is 5.82 Å². The van der Waals surface area contributed by atoms with Crippen molar-refractivity contribution in [2.75, 3.05) is 11.1 Å². The van der Waals surface area contributed by atoms with Gasteiger partial charge in [0.05, 0.1) is 16.4 Å². The molecule has 1 aliphatic rings. The van der Waals surface area contributed by atoms with E-state index in [1.165, 1.54) is 49.6 Å². The minimum Gasteiger partial charge on any atom is -0.325 e. The highest BCUT2D eigenvalue weighted by molar-refractivity contribution is 7.99. The second kappa shape index (κ2) is 8.31. The Morgan fingerprint density at radius 3 is 2.92 bits per heavy atom. The first-order chi connectivity index (χ1) is 12.5. The van der Waals surface area contributed by atoms with Crippen LogP contribution in [0.1, 0.15) is 37.1 Å². The summed E-state index contributed by atoms with van der Waals surface area (Å²) in [6.45, 7) is 1.79. The molecule has 0 spiro atoms. The summed E-state index contributed by atoms with van der Waals surface area (Å²) in [5.74, 6) is 1.44. The maximum absolute atomic E-state index is 12.1. The van der Waals surface area contributed by atoms with Crippen LogP contribution in [0.2, 0.25) is 0 Å². The number of carbonyl (C=O) groups excluding carboxylic acids is 1. The number of amides is 1. The van der Waals surface area contributed by atoms with Crippen molar-refractivity contribution in [1.82, 2.24) is 15.2 Å². The molecule has 0 saturated heterocycles. The van der Waals surface area contributed by atoms with Gasteiger partial charge < -0.3 is 5.32 Å². The molecule has 8 nitrogen and oxygen atoms in total. The molecule has 1 fully saturated rings. The number of nitrogens with one attached hydrogen (secondary N) is 2. The highest BCUT2D eigenvalue weighted by Crippen LogP contribution is 2.27. The molecule has 0 bridgehead atoms. The van der Waals surface area contributed by atoms with Crippen molar-refractivity contribution in [2.45, 2.75) is 44.2 Å². The number of benzene rings is 1. The summed E-state index contributed by atoms with van der Waals surface area (Å²) in [6.07, 6.45) is 5.98. The van der Waals surface area contributed by atoms with Crippen LogP contribution in [0.15, 0.2) is 23.4 Å². The molecule has 1 saturated carbocycles. The summed E-state index contributed by atoms with van der Waals surface area (Å²) in [5.41, 5.74) is 1.16. The molecule has 9 heteroatoms. The Balaban J connectivity index is 1.52. The quantitative estimate of drug-likeness (QED) is 0.435. The first-order valence-electron chi connectivity index (χ1n) is 8.60. The van der Waals surface area contributed by atoms with Crippen LogP contribution in [0.3, 0.4) is 0 Å². The molecule has 2 N–H and O–H groups in total. The van der Waals surface area contributed by atoms with Crippen LogP contribution in [0.25, 0.3) is 0 Å². The van der Waals surface area contributed by atoms with Gasteiger partial charge in [0.25, 0.3) is 5.69 Å². The van der Waals surface area contributed by atoms with Gasteiger partial charge in [0.15, 0.2) is 0 Å². The summed E-state index contributed by atoms with van der Waals surface area (Å²) in [4.78, 5) is 26.9. The number of aryl methyl sites for hydroxylation is 1. The summed E-state index contributed by atoms with van der Waals surface area (Å²) < 4.78 is 0. The Labute approximate surface area is 155 Å². The second-order valence-electron chi connectivity index (χ2n) is 6.51. The van der Waals surface area contributed by atoms with Crippen LogP contribution in [0.4, 0.5) is 11.4 Å². The number of rotatable bonds is 7. The first-order valence-corrected chi connectivity index (χ1v) is 9.59. The number of carbonyl (C=O) groups is 1. The minimum atomic E-state index is -0.483. The topological polar surface area (TPSA) is 114 Å². The number of nitrogens with zero attached hydrogens (tertiary/aromatic N) is 3. The highest BCUT2D eigenvalue weighted by Gasteiger charge is 2.18. The lowest BCUT2D eigenvalue weighted by molar-refractivity contribution is -0.384. The van der Waals surface area contributed by atoms with Crippen molar-refractivity contribution < 1.29 is 9.72 Å². The third kappa shape index (κ3) is 4.81. The van der Waals surface area contributed by atoms with Crippen molar-refractivity contribution in [2.24, 2.45) is 5.92 Å². The van der Waals surface area contributed by atoms with E-state index in [0.717, 1.165) is 17.8 Å². The molecule has 26 heavy (non-hydrogen) atoms. The Hall–Kier alpha value is -2.42. The van der Waals surface area contributed by atoms with Gasteiger partial charge in [0.2, 0.25) is 11.1 Å². The standard InChI is InChI=1S/C17H21N5O3S/c1-11-6-7-13(22(24)25)9-14(11)18-16(23)10-26-17-19-15(20-21-17)8-12-4-2-3-5-12/h6-7,9,12H,2-5,8,10H2,1H3,(H,18,23)(H,19,20,21). The van der Waals surface area contributed by atoms with Crippen LogP contribution in [0.5, 0.6) is 0 Å². The number of thioether (sulfide) groups is 1. The normalized spacial score (nSPS) is 14.5. The Kier molecular flexibility index (Phi) is 5.87. The van der Waals surface area contributed by atoms with Crippen molar-refractivity contribution in [3.8, 4) is 0 Å². The van der Waals surface area contributed by atoms with Gasteiger partial charge in [-0.1, -0.05) is 43.5 Å². The van der Waals surface area contributed by atoms with Gasteiger partial charge in [-0.05, 0) is 18.4 Å². The monoisotopic (exact) mass is 375 g/mol. The predicted octanol–water partition coefficient (Wildman–Crippen LogP) is 3.48. The van der Waals surface area contributed by atoms with E-state index in [9.17, 15) is 14.9 Å². The molecule has 0 unspecified atom stereocenters. The third-order valence-electron chi connectivity index (χ3n) is 4.51. The van der Waals surface area contributed by atoms with Gasteiger partial charge in [-0.25, -0.2) is 4.98 Å². The average molecular weight is 375 g/mol. The maximum Gasteiger partial charge on any atom is 0.271 e. The van der Waals surface area contributed by atoms with E-state index in [1.807, 2.05) is 0 Å². The summed E-state index contributed by atoms with van der Waals surface area (Å²) in [7, 11) is 0. The molecule has 2 aromatic rings. The van der Waals surface area contributed by atoms with Crippen LogP contribution in [-0.2, 0) is 11.2 Å². The molecule has 1 amide bonds. The number of hydrogen-bond donors (Lipinski definition) is 2. The molecular formula is C17H21N5O3S. The molecule has 0 radical (unpaired) electrons. The predicted molar refractivity (Wildman–Crippen MR) is 99.2 cm³/mol. The van der Waals surface area contributed by atoms with Crippen molar-refractivity contribution >= 4 is 29.0 Å². The van der Waals surface area contributed by atoms with E-state index in [-0.39, 0.29) is 17.3 Å². The number of hydrogen-bond acceptors (Lipinski definition) is 6. The molecular weight excluding hydrogens is 354 g/mol. The molecule has 3 rings (SSSR count). The SMILES string of the molecule is Cc1ccc([N+](=O)[O-])cc1NC(=O)CSc1n[nH]c(CC2CCCC2)n1. The highest BCUT2D eigenvalue weighted by atomic mass is 32.2. The van der Waals surface area contributed by atoms with Gasteiger partial charge >= 0.3 is 0 Å². The number of aromatic nitrogens is 3. The number of non-ortho nitro benzene ring substituents is 1. The Morgan fingerprint density at radius 1 is 1.42 bits per heavy atom. The number of nitro benzene ring substituents is 1. The largest absolute Gasteiger partial charge is 0.325 e. The third-order valence-corrected chi connectivity index (χ3v) is 5.35. The zero-order valence-corrected chi connectivity index (χ0v) is 15.3. The molecule has 138 valence electrons. The fourth-order valence-corrected chi connectivity index (χ4v) is 3.71. The minimum absolute atomic E-state index is 0.0518. The van der Waals surface area contributed by atoms with Crippen LogP contribution >= 0.6 is 11.8 Å². The van der Waals surface area contributed by atoms with Crippen molar-refractivity contribution in [1.29, 1.82) is 0 Å². The zero-order valence-electron chi connectivity index (χ0n) is 14.5. The van der Waals surface area contributed by atoms with Crippen molar-refractivity contribution in [3.63, 3.8) is 0 Å². The summed E-state index contributed by atoms with van der Waals surface area (Å²) in [5, 5.41) is 21.2. The van der Waals surface area contributed by atoms with Gasteiger partial charge in [-0.15, -0.1) is 5.10 Å². The lowest BCUT2D eigenvalue weighted by atomic mass is 10.0. The molecule has 1 aromatic carbocycles. The lowest BCUT2D eigenvalue weighted by Gasteiger charge is -2.07. The van der Waals surface area contributed by atoms with E-state index in [2.05, 4.69) is 20.5 Å². The average Bonchev–Trinajstić information content (AvgIpc) is 3.27. The van der Waals surface area contributed by atoms with Gasteiger partial charge in [-0.3, -0.25) is 20.0 Å². The van der Waals surface area contributed by atoms with E-state index in [0.29, 0.717) is 16.8 Å². The van der Waals surface area contributed by atoms with E-state index in [1.54, 1.807) is 13.0 Å². The first kappa shape index (κ1) is 18.4. The zero-order chi connectivity index (χ0) is 18.5. The maximum atomic E-state index is 12.1. The molecule has 1 heterocycles. The molecule has 0 aliphatic heterocycles. The fourth-order valence-electron chi connectivity index (χ4n) is 3.10. The molecule has 1 aliphatic carbocycles. The van der Waals surface area contributed by atoms with E-state index >= 15 is 0 Å². The molecule has 1 aromatic heterocycles. The Morgan fingerprint density at radius 2 is 2.19 bits per heavy atom. The van der Waals surface area contributed by atoms with Gasteiger partial charge in [-0.2, -0.15) is 0 Å².